The summed E-state index contributed by atoms with van der Waals surface area (Å²) in [4.78, 5) is 8.27. The lowest BCUT2D eigenvalue weighted by atomic mass is 10.4. The molecular formula is C9H14N4. The van der Waals surface area contributed by atoms with Crippen LogP contribution in [-0.4, -0.2) is 19.7 Å². The highest BCUT2D eigenvalue weighted by atomic mass is 15.3. The lowest BCUT2D eigenvalue weighted by molar-refractivity contribution is 0.795. The first-order valence-electron chi connectivity index (χ1n) is 4.39. The maximum absolute atomic E-state index is 4.20. The van der Waals surface area contributed by atoms with Gasteiger partial charge in [0.15, 0.2) is 0 Å². The van der Waals surface area contributed by atoms with Gasteiger partial charge in [-0.1, -0.05) is 13.8 Å². The molecule has 4 nitrogen and oxygen atoms in total. The third-order valence-electron chi connectivity index (χ3n) is 1.62. The fourth-order valence-corrected chi connectivity index (χ4v) is 1.03. The average Bonchev–Trinajstić information content (AvgIpc) is 2.51. The van der Waals surface area contributed by atoms with E-state index in [4.69, 9.17) is 0 Å². The molecule has 0 saturated carbocycles. The van der Waals surface area contributed by atoms with Gasteiger partial charge in [-0.15, -0.1) is 0 Å². The van der Waals surface area contributed by atoms with E-state index in [2.05, 4.69) is 15.1 Å². The third kappa shape index (κ3) is 1.83. The molecule has 4 heteroatoms. The standard InChI is InChI=1S/C7H8N4.C2H6/c1-5-8-4-7-6(10-5)3-9-11(7)2;1-2/h3-4H,1-2H3;1-2H3. The Morgan fingerprint density at radius 3 is 2.62 bits per heavy atom. The molecule has 0 spiro atoms. The Balaban J connectivity index is 0.000000396. The van der Waals surface area contributed by atoms with Crippen LogP contribution in [0.3, 0.4) is 0 Å². The maximum atomic E-state index is 4.20. The molecule has 0 aromatic carbocycles. The van der Waals surface area contributed by atoms with E-state index < -0.39 is 0 Å². The minimum atomic E-state index is 0.783. The van der Waals surface area contributed by atoms with Crippen LogP contribution in [0.2, 0.25) is 0 Å². The second kappa shape index (κ2) is 3.98. The van der Waals surface area contributed by atoms with E-state index in [-0.39, 0.29) is 0 Å². The fraction of sp³-hybridized carbons (Fsp3) is 0.444. The Morgan fingerprint density at radius 2 is 1.92 bits per heavy atom. The number of fused-ring (bicyclic) bond motifs is 1. The molecule has 0 atom stereocenters. The number of aryl methyl sites for hydroxylation is 2. The average molecular weight is 178 g/mol. The quantitative estimate of drug-likeness (QED) is 0.616. The number of rotatable bonds is 0. The molecule has 0 radical (unpaired) electrons. The summed E-state index contributed by atoms with van der Waals surface area (Å²) in [5, 5.41) is 4.05. The zero-order chi connectivity index (χ0) is 9.84. The molecule has 2 aromatic heterocycles. The van der Waals surface area contributed by atoms with Gasteiger partial charge in [0, 0.05) is 7.05 Å². The van der Waals surface area contributed by atoms with Crippen LogP contribution in [0, 0.1) is 6.92 Å². The van der Waals surface area contributed by atoms with Crippen molar-refractivity contribution in [2.75, 3.05) is 0 Å². The van der Waals surface area contributed by atoms with Gasteiger partial charge in [0.2, 0.25) is 0 Å². The van der Waals surface area contributed by atoms with Crippen molar-refractivity contribution < 1.29 is 0 Å². The summed E-state index contributed by atoms with van der Waals surface area (Å²) in [6, 6.07) is 0. The predicted octanol–water partition coefficient (Wildman–Crippen LogP) is 1.70. The second-order valence-corrected chi connectivity index (χ2v) is 2.46. The fourth-order valence-electron chi connectivity index (χ4n) is 1.03. The molecule has 0 aliphatic rings. The summed E-state index contributed by atoms with van der Waals surface area (Å²) in [6.45, 7) is 5.87. The van der Waals surface area contributed by atoms with Crippen molar-refractivity contribution in [3.8, 4) is 0 Å². The Morgan fingerprint density at radius 1 is 1.23 bits per heavy atom. The van der Waals surface area contributed by atoms with E-state index in [9.17, 15) is 0 Å². The van der Waals surface area contributed by atoms with Crippen LogP contribution < -0.4 is 0 Å². The Hall–Kier alpha value is -1.45. The summed E-state index contributed by atoms with van der Waals surface area (Å²) in [7, 11) is 1.88. The molecule has 2 rings (SSSR count). The van der Waals surface area contributed by atoms with Gasteiger partial charge in [-0.2, -0.15) is 5.10 Å². The number of hydrogen-bond acceptors (Lipinski definition) is 3. The normalized spacial score (nSPS) is 9.54. The van der Waals surface area contributed by atoms with Crippen molar-refractivity contribution in [2.24, 2.45) is 7.05 Å². The number of hydrogen-bond donors (Lipinski definition) is 0. The smallest absolute Gasteiger partial charge is 0.126 e. The molecule has 0 amide bonds. The summed E-state index contributed by atoms with van der Waals surface area (Å²) >= 11 is 0. The van der Waals surface area contributed by atoms with Gasteiger partial charge >= 0.3 is 0 Å². The van der Waals surface area contributed by atoms with Crippen molar-refractivity contribution in [3.63, 3.8) is 0 Å². The van der Waals surface area contributed by atoms with E-state index in [0.717, 1.165) is 16.9 Å². The Labute approximate surface area is 77.6 Å². The van der Waals surface area contributed by atoms with Crippen molar-refractivity contribution in [3.05, 3.63) is 18.2 Å². The highest BCUT2D eigenvalue weighted by molar-refractivity contribution is 5.72. The second-order valence-electron chi connectivity index (χ2n) is 2.46. The summed E-state index contributed by atoms with van der Waals surface area (Å²) in [5.74, 6) is 0.783. The largest absolute Gasteiger partial charge is 0.265 e. The number of nitrogens with zero attached hydrogens (tertiary/aromatic N) is 4. The molecule has 0 saturated heterocycles. The molecular weight excluding hydrogens is 164 g/mol. The molecule has 70 valence electrons. The van der Waals surface area contributed by atoms with E-state index >= 15 is 0 Å². The molecule has 0 bridgehead atoms. The van der Waals surface area contributed by atoms with Crippen LogP contribution in [-0.2, 0) is 7.05 Å². The van der Waals surface area contributed by atoms with Crippen molar-refractivity contribution in [2.45, 2.75) is 20.8 Å². The highest BCUT2D eigenvalue weighted by Crippen LogP contribution is 2.07. The zero-order valence-corrected chi connectivity index (χ0v) is 8.44. The monoisotopic (exact) mass is 178 g/mol. The van der Waals surface area contributed by atoms with E-state index in [1.54, 1.807) is 17.1 Å². The molecule has 0 unspecified atom stereocenters. The van der Waals surface area contributed by atoms with Crippen molar-refractivity contribution in [1.82, 2.24) is 19.7 Å². The van der Waals surface area contributed by atoms with Gasteiger partial charge in [0.25, 0.3) is 0 Å². The first-order valence-corrected chi connectivity index (χ1v) is 4.39. The number of aromatic nitrogens is 4. The van der Waals surface area contributed by atoms with E-state index in [1.165, 1.54) is 0 Å². The lowest BCUT2D eigenvalue weighted by Crippen LogP contribution is -1.91. The van der Waals surface area contributed by atoms with Crippen molar-refractivity contribution >= 4 is 11.0 Å². The highest BCUT2D eigenvalue weighted by Gasteiger charge is 1.99. The van der Waals surface area contributed by atoms with Crippen LogP contribution in [0.4, 0.5) is 0 Å². The molecule has 2 heterocycles. The summed E-state index contributed by atoms with van der Waals surface area (Å²) < 4.78 is 1.76. The summed E-state index contributed by atoms with van der Waals surface area (Å²) in [6.07, 6.45) is 3.52. The Bertz CT molecular complexity index is 391. The van der Waals surface area contributed by atoms with Crippen LogP contribution in [0.15, 0.2) is 12.4 Å². The van der Waals surface area contributed by atoms with Crippen LogP contribution in [0.5, 0.6) is 0 Å². The van der Waals surface area contributed by atoms with Crippen molar-refractivity contribution in [1.29, 1.82) is 0 Å². The van der Waals surface area contributed by atoms with Gasteiger partial charge in [0.05, 0.1) is 12.4 Å². The first kappa shape index (κ1) is 9.64. The minimum Gasteiger partial charge on any atom is -0.265 e. The first-order chi connectivity index (χ1) is 6.27. The van der Waals surface area contributed by atoms with E-state index in [1.807, 2.05) is 27.8 Å². The van der Waals surface area contributed by atoms with Crippen LogP contribution in [0.25, 0.3) is 11.0 Å². The molecule has 2 aromatic rings. The molecule has 0 aliphatic heterocycles. The van der Waals surface area contributed by atoms with Gasteiger partial charge in [-0.05, 0) is 6.92 Å². The van der Waals surface area contributed by atoms with Crippen LogP contribution >= 0.6 is 0 Å². The predicted molar refractivity (Wildman–Crippen MR) is 52.4 cm³/mol. The minimum absolute atomic E-state index is 0.783. The van der Waals surface area contributed by atoms with Gasteiger partial charge in [-0.3, -0.25) is 4.68 Å². The SMILES string of the molecule is CC.Cc1ncc2c(cnn2C)n1. The zero-order valence-electron chi connectivity index (χ0n) is 8.44. The molecule has 0 N–H and O–H groups in total. The molecule has 0 aliphatic carbocycles. The Kier molecular flexibility index (Phi) is 2.95. The van der Waals surface area contributed by atoms with Gasteiger partial charge in [-0.25, -0.2) is 9.97 Å². The topological polar surface area (TPSA) is 43.6 Å². The van der Waals surface area contributed by atoms with Crippen LogP contribution in [0.1, 0.15) is 19.7 Å². The molecule has 13 heavy (non-hydrogen) atoms. The maximum Gasteiger partial charge on any atom is 0.126 e. The van der Waals surface area contributed by atoms with Gasteiger partial charge < -0.3 is 0 Å². The van der Waals surface area contributed by atoms with Gasteiger partial charge in [0.1, 0.15) is 16.9 Å². The lowest BCUT2D eigenvalue weighted by Gasteiger charge is -1.92. The third-order valence-corrected chi connectivity index (χ3v) is 1.62. The van der Waals surface area contributed by atoms with E-state index in [0.29, 0.717) is 0 Å². The summed E-state index contributed by atoms with van der Waals surface area (Å²) in [5.41, 5.74) is 1.87. The molecule has 0 fully saturated rings.